The van der Waals surface area contributed by atoms with E-state index in [-0.39, 0.29) is 11.7 Å². The zero-order valence-corrected chi connectivity index (χ0v) is 9.00. The molecule has 0 spiro atoms. The standard InChI is InChI=1S/C12H15FN2O/c13-10-4-2-9(3-5-10)12(11(14)16)6-1-7-15-8-12/h2-5,15H,1,6-8H2,(H2,14,16)/t12-/m1/s1. The lowest BCUT2D eigenvalue weighted by molar-refractivity contribution is -0.124. The summed E-state index contributed by atoms with van der Waals surface area (Å²) in [6.07, 6.45) is 1.63. The lowest BCUT2D eigenvalue weighted by atomic mass is 9.74. The minimum absolute atomic E-state index is 0.299. The first kappa shape index (κ1) is 11.1. The van der Waals surface area contributed by atoms with Crippen LogP contribution in [0.2, 0.25) is 0 Å². The Morgan fingerprint density at radius 3 is 2.56 bits per heavy atom. The zero-order chi connectivity index (χ0) is 11.6. The van der Waals surface area contributed by atoms with Crippen molar-refractivity contribution in [3.8, 4) is 0 Å². The third kappa shape index (κ3) is 1.80. The molecule has 1 aromatic carbocycles. The highest BCUT2D eigenvalue weighted by atomic mass is 19.1. The summed E-state index contributed by atoms with van der Waals surface area (Å²) < 4.78 is 12.8. The van der Waals surface area contributed by atoms with Gasteiger partial charge in [-0.25, -0.2) is 4.39 Å². The SMILES string of the molecule is NC(=O)[C@]1(c2ccc(F)cc2)CCCNC1. The number of benzene rings is 1. The van der Waals surface area contributed by atoms with Crippen LogP contribution in [0.15, 0.2) is 24.3 Å². The second-order valence-electron chi connectivity index (χ2n) is 4.23. The fourth-order valence-electron chi connectivity index (χ4n) is 2.27. The molecule has 0 unspecified atom stereocenters. The molecule has 2 rings (SSSR count). The molecule has 1 aliphatic rings. The van der Waals surface area contributed by atoms with E-state index >= 15 is 0 Å². The van der Waals surface area contributed by atoms with Gasteiger partial charge in [0.15, 0.2) is 0 Å². The summed E-state index contributed by atoms with van der Waals surface area (Å²) in [6.45, 7) is 1.43. The fourth-order valence-corrected chi connectivity index (χ4v) is 2.27. The molecule has 3 N–H and O–H groups in total. The predicted molar refractivity (Wildman–Crippen MR) is 59.4 cm³/mol. The number of amides is 1. The van der Waals surface area contributed by atoms with Crippen LogP contribution < -0.4 is 11.1 Å². The van der Waals surface area contributed by atoms with Crippen LogP contribution >= 0.6 is 0 Å². The predicted octanol–water partition coefficient (Wildman–Crippen LogP) is 0.932. The molecule has 1 aromatic rings. The third-order valence-corrected chi connectivity index (χ3v) is 3.25. The summed E-state index contributed by atoms with van der Waals surface area (Å²) in [7, 11) is 0. The van der Waals surface area contributed by atoms with Crippen molar-refractivity contribution in [3.63, 3.8) is 0 Å². The topological polar surface area (TPSA) is 55.1 Å². The number of hydrogen-bond donors (Lipinski definition) is 2. The van der Waals surface area contributed by atoms with Gasteiger partial charge in [0.05, 0.1) is 5.41 Å². The van der Waals surface area contributed by atoms with Gasteiger partial charge in [-0.05, 0) is 37.1 Å². The van der Waals surface area contributed by atoms with E-state index in [4.69, 9.17) is 5.73 Å². The Morgan fingerprint density at radius 1 is 1.38 bits per heavy atom. The van der Waals surface area contributed by atoms with Crippen molar-refractivity contribution in [2.75, 3.05) is 13.1 Å². The van der Waals surface area contributed by atoms with E-state index in [9.17, 15) is 9.18 Å². The van der Waals surface area contributed by atoms with Crippen LogP contribution in [0, 0.1) is 5.82 Å². The Morgan fingerprint density at radius 2 is 2.06 bits per heavy atom. The minimum atomic E-state index is -0.675. The average Bonchev–Trinajstić information content (AvgIpc) is 2.30. The number of carbonyl (C=O) groups excluding carboxylic acids is 1. The van der Waals surface area contributed by atoms with Crippen molar-refractivity contribution in [1.82, 2.24) is 5.32 Å². The van der Waals surface area contributed by atoms with E-state index in [2.05, 4.69) is 5.32 Å². The van der Waals surface area contributed by atoms with E-state index in [0.717, 1.165) is 24.9 Å². The smallest absolute Gasteiger partial charge is 0.229 e. The minimum Gasteiger partial charge on any atom is -0.369 e. The van der Waals surface area contributed by atoms with Gasteiger partial charge >= 0.3 is 0 Å². The molecule has 1 atom stereocenters. The van der Waals surface area contributed by atoms with Crippen LogP contribution in [-0.2, 0) is 10.2 Å². The number of nitrogens with two attached hydrogens (primary N) is 1. The highest BCUT2D eigenvalue weighted by Gasteiger charge is 2.39. The van der Waals surface area contributed by atoms with Gasteiger partial charge in [-0.3, -0.25) is 4.79 Å². The van der Waals surface area contributed by atoms with Crippen molar-refractivity contribution in [3.05, 3.63) is 35.6 Å². The second kappa shape index (κ2) is 4.22. The molecular formula is C12H15FN2O. The first-order chi connectivity index (χ1) is 7.65. The van der Waals surface area contributed by atoms with Crippen LogP contribution in [0.3, 0.4) is 0 Å². The monoisotopic (exact) mass is 222 g/mol. The second-order valence-corrected chi connectivity index (χ2v) is 4.23. The van der Waals surface area contributed by atoms with Gasteiger partial charge in [0.25, 0.3) is 0 Å². The first-order valence-electron chi connectivity index (χ1n) is 5.42. The van der Waals surface area contributed by atoms with Gasteiger partial charge in [0, 0.05) is 6.54 Å². The lowest BCUT2D eigenvalue weighted by Gasteiger charge is -2.35. The zero-order valence-electron chi connectivity index (χ0n) is 9.00. The lowest BCUT2D eigenvalue weighted by Crippen LogP contribution is -2.52. The molecule has 1 saturated heterocycles. The highest BCUT2D eigenvalue weighted by Crippen LogP contribution is 2.31. The summed E-state index contributed by atoms with van der Waals surface area (Å²) in [6, 6.07) is 6.03. The molecule has 0 aliphatic carbocycles. The summed E-state index contributed by atoms with van der Waals surface area (Å²) in [5.74, 6) is -0.640. The third-order valence-electron chi connectivity index (χ3n) is 3.25. The van der Waals surface area contributed by atoms with Crippen molar-refractivity contribution in [1.29, 1.82) is 0 Å². The summed E-state index contributed by atoms with van der Waals surface area (Å²) in [5.41, 5.74) is 5.62. The number of piperidine rings is 1. The molecule has 1 heterocycles. The average molecular weight is 222 g/mol. The molecule has 86 valence electrons. The number of hydrogen-bond acceptors (Lipinski definition) is 2. The van der Waals surface area contributed by atoms with E-state index < -0.39 is 5.41 Å². The maximum Gasteiger partial charge on any atom is 0.229 e. The molecule has 0 saturated carbocycles. The van der Waals surface area contributed by atoms with Gasteiger partial charge in [-0.15, -0.1) is 0 Å². The van der Waals surface area contributed by atoms with Crippen LogP contribution in [0.4, 0.5) is 4.39 Å². The quantitative estimate of drug-likeness (QED) is 0.782. The summed E-state index contributed by atoms with van der Waals surface area (Å²) in [5, 5.41) is 3.18. The van der Waals surface area contributed by atoms with Crippen molar-refractivity contribution in [2.24, 2.45) is 5.73 Å². The maximum absolute atomic E-state index is 12.8. The van der Waals surface area contributed by atoms with Crippen LogP contribution in [0.25, 0.3) is 0 Å². The molecule has 1 fully saturated rings. The van der Waals surface area contributed by atoms with Gasteiger partial charge < -0.3 is 11.1 Å². The maximum atomic E-state index is 12.8. The largest absolute Gasteiger partial charge is 0.369 e. The molecule has 0 bridgehead atoms. The molecule has 4 heteroatoms. The molecule has 3 nitrogen and oxygen atoms in total. The van der Waals surface area contributed by atoms with Crippen LogP contribution in [0.1, 0.15) is 18.4 Å². The van der Waals surface area contributed by atoms with Crippen molar-refractivity contribution >= 4 is 5.91 Å². The van der Waals surface area contributed by atoms with Gasteiger partial charge in [0.1, 0.15) is 5.82 Å². The summed E-state index contributed by atoms with van der Waals surface area (Å²) >= 11 is 0. The molecule has 0 aromatic heterocycles. The Bertz CT molecular complexity index is 383. The Kier molecular flexibility index (Phi) is 2.92. The van der Waals surface area contributed by atoms with Gasteiger partial charge in [0.2, 0.25) is 5.91 Å². The normalized spacial score (nSPS) is 25.3. The van der Waals surface area contributed by atoms with E-state index in [1.54, 1.807) is 12.1 Å². The summed E-state index contributed by atoms with van der Waals surface area (Å²) in [4.78, 5) is 11.7. The van der Waals surface area contributed by atoms with Gasteiger partial charge in [-0.2, -0.15) is 0 Å². The molecule has 1 amide bonds. The number of carbonyl (C=O) groups is 1. The number of nitrogens with one attached hydrogen (secondary N) is 1. The highest BCUT2D eigenvalue weighted by molar-refractivity contribution is 5.87. The van der Waals surface area contributed by atoms with Crippen molar-refractivity contribution < 1.29 is 9.18 Å². The van der Waals surface area contributed by atoms with Crippen LogP contribution in [-0.4, -0.2) is 19.0 Å². The molecule has 1 aliphatic heterocycles. The molecule has 0 radical (unpaired) electrons. The van der Waals surface area contributed by atoms with Crippen molar-refractivity contribution in [2.45, 2.75) is 18.3 Å². The molecular weight excluding hydrogens is 207 g/mol. The molecule has 16 heavy (non-hydrogen) atoms. The Balaban J connectivity index is 2.38. The van der Waals surface area contributed by atoms with Crippen LogP contribution in [0.5, 0.6) is 0 Å². The number of halogens is 1. The Hall–Kier alpha value is -1.42. The Labute approximate surface area is 93.8 Å². The number of primary amides is 1. The number of rotatable bonds is 2. The van der Waals surface area contributed by atoms with E-state index in [1.807, 2.05) is 0 Å². The van der Waals surface area contributed by atoms with Gasteiger partial charge in [-0.1, -0.05) is 12.1 Å². The van der Waals surface area contributed by atoms with E-state index in [0.29, 0.717) is 6.54 Å². The van der Waals surface area contributed by atoms with E-state index in [1.165, 1.54) is 12.1 Å². The first-order valence-corrected chi connectivity index (χ1v) is 5.42. The fraction of sp³-hybridized carbons (Fsp3) is 0.417.